The molecule has 144 valence electrons. The summed E-state index contributed by atoms with van der Waals surface area (Å²) in [5.41, 5.74) is 3.17. The third kappa shape index (κ3) is 2.38. The van der Waals surface area contributed by atoms with Gasteiger partial charge >= 0.3 is 5.63 Å². The third-order valence-electron chi connectivity index (χ3n) is 5.62. The van der Waals surface area contributed by atoms with E-state index in [-0.39, 0.29) is 12.4 Å². The lowest BCUT2D eigenvalue weighted by molar-refractivity contribution is 0.174. The molecule has 2 aliphatic rings. The van der Waals surface area contributed by atoms with Crippen LogP contribution in [-0.4, -0.2) is 13.5 Å². The van der Waals surface area contributed by atoms with Crippen LogP contribution in [0.1, 0.15) is 11.1 Å². The van der Waals surface area contributed by atoms with E-state index in [1.165, 1.54) is 0 Å². The highest BCUT2D eigenvalue weighted by Gasteiger charge is 2.24. The maximum atomic E-state index is 12.4. The lowest BCUT2D eigenvalue weighted by Crippen LogP contribution is -2.32. The first kappa shape index (κ1) is 16.3. The van der Waals surface area contributed by atoms with Crippen molar-refractivity contribution in [2.24, 2.45) is 0 Å². The molecule has 0 radical (unpaired) electrons. The quantitative estimate of drug-likeness (QED) is 0.358. The monoisotopic (exact) mass is 387 g/mol. The van der Waals surface area contributed by atoms with Gasteiger partial charge in [-0.3, -0.25) is 0 Å². The summed E-state index contributed by atoms with van der Waals surface area (Å²) in [5.74, 6) is 2.29. The van der Waals surface area contributed by atoms with Gasteiger partial charge in [-0.25, -0.2) is 4.79 Å². The first-order valence-corrected chi connectivity index (χ1v) is 9.44. The van der Waals surface area contributed by atoms with Gasteiger partial charge in [0.2, 0.25) is 6.79 Å². The summed E-state index contributed by atoms with van der Waals surface area (Å²) in [6.07, 6.45) is 0. The molecule has 6 nitrogen and oxygen atoms in total. The van der Waals surface area contributed by atoms with Crippen molar-refractivity contribution in [2.75, 3.05) is 18.4 Å². The fraction of sp³-hybridized carbons (Fsp3) is 0.174. The number of aryl methyl sites for hydroxylation is 1. The summed E-state index contributed by atoms with van der Waals surface area (Å²) >= 11 is 0. The molecule has 0 saturated carbocycles. The van der Waals surface area contributed by atoms with E-state index in [0.717, 1.165) is 44.8 Å². The molecule has 4 aromatic rings. The number of hydrogen-bond donors (Lipinski definition) is 0. The number of benzene rings is 3. The Hall–Kier alpha value is -3.67. The molecule has 6 heteroatoms. The molecule has 0 amide bonds. The molecule has 2 aliphatic heterocycles. The predicted octanol–water partition coefficient (Wildman–Crippen LogP) is 4.34. The lowest BCUT2D eigenvalue weighted by atomic mass is 10.00. The van der Waals surface area contributed by atoms with Crippen LogP contribution >= 0.6 is 0 Å². The zero-order valence-corrected chi connectivity index (χ0v) is 15.7. The van der Waals surface area contributed by atoms with Crippen molar-refractivity contribution in [1.29, 1.82) is 0 Å². The van der Waals surface area contributed by atoms with Crippen molar-refractivity contribution < 1.29 is 18.6 Å². The minimum absolute atomic E-state index is 0.252. The second kappa shape index (κ2) is 5.91. The van der Waals surface area contributed by atoms with E-state index in [4.69, 9.17) is 18.6 Å². The van der Waals surface area contributed by atoms with Crippen LogP contribution in [-0.2, 0) is 6.54 Å². The van der Waals surface area contributed by atoms with E-state index >= 15 is 0 Å². The van der Waals surface area contributed by atoms with Gasteiger partial charge in [0.15, 0.2) is 18.2 Å². The zero-order valence-electron chi connectivity index (χ0n) is 15.7. The van der Waals surface area contributed by atoms with Gasteiger partial charge in [0.05, 0.1) is 5.39 Å². The Morgan fingerprint density at radius 1 is 0.897 bits per heavy atom. The largest absolute Gasteiger partial charge is 0.472 e. The van der Waals surface area contributed by atoms with Gasteiger partial charge in [-0.15, -0.1) is 0 Å². The van der Waals surface area contributed by atoms with Gasteiger partial charge in [-0.1, -0.05) is 18.2 Å². The van der Waals surface area contributed by atoms with Gasteiger partial charge in [-0.05, 0) is 36.6 Å². The molecule has 0 bridgehead atoms. The molecular formula is C23H17NO5. The molecule has 3 heterocycles. The van der Waals surface area contributed by atoms with E-state index in [2.05, 4.69) is 11.0 Å². The van der Waals surface area contributed by atoms with Crippen LogP contribution in [0, 0.1) is 6.92 Å². The molecular weight excluding hydrogens is 370 g/mol. The summed E-state index contributed by atoms with van der Waals surface area (Å²) in [7, 11) is 0. The lowest BCUT2D eigenvalue weighted by Gasteiger charge is -2.32. The van der Waals surface area contributed by atoms with Crippen LogP contribution in [0.4, 0.5) is 5.69 Å². The minimum Gasteiger partial charge on any atom is -0.472 e. The summed E-state index contributed by atoms with van der Waals surface area (Å²) in [6, 6.07) is 15.5. The van der Waals surface area contributed by atoms with E-state index < -0.39 is 0 Å². The van der Waals surface area contributed by atoms with Crippen LogP contribution in [0.5, 0.6) is 17.2 Å². The SMILES string of the molecule is Cc1c2c(cc3c1oc(=O)c1ccccc13)CN(c1ccc3c(c1)OCO3)CO2. The highest BCUT2D eigenvalue weighted by atomic mass is 16.7. The summed E-state index contributed by atoms with van der Waals surface area (Å²) in [5, 5.41) is 2.40. The Labute approximate surface area is 165 Å². The van der Waals surface area contributed by atoms with Crippen LogP contribution in [0.2, 0.25) is 0 Å². The summed E-state index contributed by atoms with van der Waals surface area (Å²) in [4.78, 5) is 14.5. The Bertz CT molecular complexity index is 1360. The molecule has 29 heavy (non-hydrogen) atoms. The molecule has 1 aromatic heterocycles. The molecule has 0 atom stereocenters. The van der Waals surface area contributed by atoms with Gasteiger partial charge in [0.1, 0.15) is 11.3 Å². The number of ether oxygens (including phenoxy) is 3. The van der Waals surface area contributed by atoms with Gasteiger partial charge in [0.25, 0.3) is 0 Å². The Kier molecular flexibility index (Phi) is 3.32. The molecule has 3 aromatic carbocycles. The van der Waals surface area contributed by atoms with E-state index in [1.54, 1.807) is 6.07 Å². The average Bonchev–Trinajstić information content (AvgIpc) is 3.23. The fourth-order valence-corrected chi connectivity index (χ4v) is 4.19. The van der Waals surface area contributed by atoms with Crippen molar-refractivity contribution in [2.45, 2.75) is 13.5 Å². The number of fused-ring (bicyclic) bond motifs is 5. The van der Waals surface area contributed by atoms with E-state index in [9.17, 15) is 4.79 Å². The van der Waals surface area contributed by atoms with Gasteiger partial charge in [0, 0.05) is 34.8 Å². The van der Waals surface area contributed by atoms with E-state index in [1.807, 2.05) is 43.3 Å². The van der Waals surface area contributed by atoms with Crippen molar-refractivity contribution in [3.8, 4) is 17.2 Å². The Balaban J connectivity index is 1.49. The summed E-state index contributed by atoms with van der Waals surface area (Å²) < 4.78 is 22.7. The van der Waals surface area contributed by atoms with Crippen LogP contribution in [0.25, 0.3) is 21.7 Å². The topological polar surface area (TPSA) is 61.1 Å². The predicted molar refractivity (Wildman–Crippen MR) is 109 cm³/mol. The Morgan fingerprint density at radius 3 is 2.62 bits per heavy atom. The Morgan fingerprint density at radius 2 is 1.72 bits per heavy atom. The highest BCUT2D eigenvalue weighted by Crippen LogP contribution is 2.40. The zero-order chi connectivity index (χ0) is 19.5. The second-order valence-corrected chi connectivity index (χ2v) is 7.31. The molecule has 0 unspecified atom stereocenters. The van der Waals surface area contributed by atoms with Crippen molar-refractivity contribution in [1.82, 2.24) is 0 Å². The van der Waals surface area contributed by atoms with Crippen LogP contribution in [0.3, 0.4) is 0 Å². The smallest absolute Gasteiger partial charge is 0.344 e. The second-order valence-electron chi connectivity index (χ2n) is 7.31. The molecule has 0 fully saturated rings. The van der Waals surface area contributed by atoms with Crippen molar-refractivity contribution in [3.63, 3.8) is 0 Å². The van der Waals surface area contributed by atoms with Crippen molar-refractivity contribution in [3.05, 3.63) is 70.1 Å². The number of rotatable bonds is 1. The molecule has 0 aliphatic carbocycles. The van der Waals surface area contributed by atoms with E-state index in [0.29, 0.717) is 24.2 Å². The first-order chi connectivity index (χ1) is 14.2. The van der Waals surface area contributed by atoms with Crippen LogP contribution in [0.15, 0.2) is 57.7 Å². The first-order valence-electron chi connectivity index (χ1n) is 9.44. The number of hydrogen-bond acceptors (Lipinski definition) is 6. The standard InChI is InChI=1S/C23H17NO5/c1-13-21-14(8-18-16-4-2-3-5-17(16)23(25)29-22(13)18)10-24(11-26-21)15-6-7-19-20(9-15)28-12-27-19/h2-9H,10-12H2,1H3. The van der Waals surface area contributed by atoms with Crippen LogP contribution < -0.4 is 24.7 Å². The maximum absolute atomic E-state index is 12.4. The normalized spacial score (nSPS) is 14.9. The molecule has 0 N–H and O–H groups in total. The number of nitrogens with zero attached hydrogens (tertiary/aromatic N) is 1. The maximum Gasteiger partial charge on any atom is 0.344 e. The molecule has 6 rings (SSSR count). The minimum atomic E-state index is -0.325. The number of anilines is 1. The average molecular weight is 387 g/mol. The summed E-state index contributed by atoms with van der Waals surface area (Å²) in [6.45, 7) is 3.27. The molecule has 0 saturated heterocycles. The highest BCUT2D eigenvalue weighted by molar-refractivity contribution is 6.06. The van der Waals surface area contributed by atoms with Crippen molar-refractivity contribution >= 4 is 27.4 Å². The molecule has 0 spiro atoms. The van der Waals surface area contributed by atoms with Gasteiger partial charge < -0.3 is 23.5 Å². The third-order valence-corrected chi connectivity index (χ3v) is 5.62. The van der Waals surface area contributed by atoms with Gasteiger partial charge in [-0.2, -0.15) is 0 Å². The fourth-order valence-electron chi connectivity index (χ4n) is 4.19.